The molecule has 2 radical (unpaired) electrons. The third kappa shape index (κ3) is 4.02. The van der Waals surface area contributed by atoms with E-state index in [4.69, 9.17) is 20.4 Å². The largest absolute Gasteiger partial charge is 0.394 e. The van der Waals surface area contributed by atoms with Crippen LogP contribution in [-0.2, 0) is 10.3 Å². The van der Waals surface area contributed by atoms with E-state index in [0.717, 1.165) is 0 Å². The third-order valence-corrected chi connectivity index (χ3v) is 1.07. The fourth-order valence-corrected chi connectivity index (χ4v) is 0.416. The Hall–Kier alpha value is -0.530. The van der Waals surface area contributed by atoms with Crippen LogP contribution in [0.1, 0.15) is 0 Å². The maximum Gasteiger partial charge on any atom is 0.151 e. The van der Waals surface area contributed by atoms with Gasteiger partial charge in [-0.3, -0.25) is 0 Å². The minimum atomic E-state index is -1.64. The molecule has 0 aliphatic carbocycles. The van der Waals surface area contributed by atoms with Gasteiger partial charge in [-0.25, -0.2) is 0 Å². The first-order valence-corrected chi connectivity index (χ1v) is 2.73. The Bertz CT molecular complexity index is 105. The number of rotatable bonds is 4. The van der Waals surface area contributed by atoms with Crippen molar-refractivity contribution in [1.29, 1.82) is 0 Å². The molecule has 0 rings (SSSR count). The molecule has 0 aromatic heterocycles. The molecule has 0 aromatic carbocycles. The van der Waals surface area contributed by atoms with E-state index in [9.17, 15) is 4.79 Å². The topological polar surface area (TPSA) is 126 Å². The lowest BCUT2D eigenvalue weighted by atomic mass is 10.1. The van der Waals surface area contributed by atoms with Crippen LogP contribution in [0.15, 0.2) is 0 Å². The Morgan fingerprint density at radius 2 is 1.73 bits per heavy atom. The van der Waals surface area contributed by atoms with Gasteiger partial charge in [0.2, 0.25) is 0 Å². The smallest absolute Gasteiger partial charge is 0.151 e. The van der Waals surface area contributed by atoms with Gasteiger partial charge in [-0.2, -0.15) is 0 Å². The first-order valence-electron chi connectivity index (χ1n) is 2.73. The van der Waals surface area contributed by atoms with Gasteiger partial charge >= 0.3 is 0 Å². The molecule has 0 spiro atoms. The van der Waals surface area contributed by atoms with Gasteiger partial charge in [0.1, 0.15) is 18.3 Å². The summed E-state index contributed by atoms with van der Waals surface area (Å²) >= 11 is 0. The fraction of sp³-hybridized carbons (Fsp3) is 0.800. The molecular formula is C5H10O6. The molecule has 0 aliphatic rings. The molecule has 66 valence electrons. The van der Waals surface area contributed by atoms with Crippen molar-refractivity contribution in [3.05, 3.63) is 0 Å². The van der Waals surface area contributed by atoms with Crippen LogP contribution in [0.2, 0.25) is 0 Å². The second-order valence-electron chi connectivity index (χ2n) is 1.87. The molecule has 4 N–H and O–H groups in total. The van der Waals surface area contributed by atoms with E-state index in [-0.39, 0.29) is 11.8 Å². The highest BCUT2D eigenvalue weighted by molar-refractivity contribution is 5.56. The van der Waals surface area contributed by atoms with Crippen molar-refractivity contribution in [2.45, 2.75) is 18.3 Å². The van der Waals surface area contributed by atoms with Crippen LogP contribution < -0.4 is 0 Å². The summed E-state index contributed by atoms with van der Waals surface area (Å²) in [5.41, 5.74) is 0. The highest BCUT2D eigenvalue weighted by Gasteiger charge is 2.22. The van der Waals surface area contributed by atoms with Gasteiger partial charge in [-0.15, -0.1) is 0 Å². The van der Waals surface area contributed by atoms with Gasteiger partial charge < -0.3 is 25.2 Å². The van der Waals surface area contributed by atoms with Crippen LogP contribution in [0.5, 0.6) is 0 Å². The highest BCUT2D eigenvalue weighted by atomic mass is 16.4. The number of aliphatic hydroxyl groups is 4. The first-order chi connectivity index (χ1) is 4.63. The molecule has 0 saturated carbocycles. The number of hydrogen-bond donors (Lipinski definition) is 4. The zero-order chi connectivity index (χ0) is 8.15. The lowest BCUT2D eigenvalue weighted by molar-refractivity contribution is -0.127. The molecule has 11 heavy (non-hydrogen) atoms. The molecule has 6 heteroatoms. The lowest BCUT2D eigenvalue weighted by Crippen LogP contribution is -2.40. The second-order valence-corrected chi connectivity index (χ2v) is 1.87. The van der Waals surface area contributed by atoms with Gasteiger partial charge in [-0.05, 0) is 0 Å². The molecule has 0 unspecified atom stereocenters. The maximum atomic E-state index is 9.76. The summed E-state index contributed by atoms with van der Waals surface area (Å²) in [4.78, 5) is 9.76. The van der Waals surface area contributed by atoms with Gasteiger partial charge in [-0.1, -0.05) is 0 Å². The average Bonchev–Trinajstić information content (AvgIpc) is 2.00. The van der Waals surface area contributed by atoms with Gasteiger partial charge in [0.25, 0.3) is 0 Å². The van der Waals surface area contributed by atoms with Crippen LogP contribution in [-0.4, -0.2) is 51.6 Å². The van der Waals surface area contributed by atoms with Crippen molar-refractivity contribution in [2.75, 3.05) is 6.61 Å². The number of carbonyl (C=O) groups excluding carboxylic acids is 1. The number of carbonyl (C=O) groups is 1. The Kier molecular flexibility index (Phi) is 7.37. The van der Waals surface area contributed by atoms with Gasteiger partial charge in [0.15, 0.2) is 6.29 Å². The predicted octanol–water partition coefficient (Wildman–Crippen LogP) is -2.86. The van der Waals surface area contributed by atoms with E-state index in [1.165, 1.54) is 0 Å². The van der Waals surface area contributed by atoms with E-state index in [1.54, 1.807) is 0 Å². The van der Waals surface area contributed by atoms with Crippen molar-refractivity contribution >= 4 is 6.29 Å². The summed E-state index contributed by atoms with van der Waals surface area (Å²) < 4.78 is 0. The first kappa shape index (κ1) is 13.1. The quantitative estimate of drug-likeness (QED) is 0.334. The SMILES string of the molecule is O=C[C@H](O)[C@H](O)[C@H](O)CO.[O]. The molecule has 0 aliphatic heterocycles. The molecule has 0 bridgehead atoms. The summed E-state index contributed by atoms with van der Waals surface area (Å²) in [7, 11) is 0. The number of aliphatic hydroxyl groups excluding tert-OH is 4. The summed E-state index contributed by atoms with van der Waals surface area (Å²) in [6, 6.07) is 0. The van der Waals surface area contributed by atoms with Crippen LogP contribution in [0.4, 0.5) is 0 Å². The summed E-state index contributed by atoms with van der Waals surface area (Å²) in [5.74, 6) is 0. The Balaban J connectivity index is 0. The van der Waals surface area contributed by atoms with E-state index in [1.807, 2.05) is 0 Å². The molecule has 6 nitrogen and oxygen atoms in total. The molecular weight excluding hydrogens is 156 g/mol. The second kappa shape index (κ2) is 6.20. The van der Waals surface area contributed by atoms with Crippen LogP contribution in [0, 0.1) is 0 Å². The van der Waals surface area contributed by atoms with E-state index < -0.39 is 24.9 Å². The predicted molar refractivity (Wildman–Crippen MR) is 31.9 cm³/mol. The van der Waals surface area contributed by atoms with Crippen molar-refractivity contribution < 1.29 is 30.7 Å². The van der Waals surface area contributed by atoms with E-state index in [2.05, 4.69) is 0 Å². The van der Waals surface area contributed by atoms with Crippen molar-refractivity contribution in [3.63, 3.8) is 0 Å². The molecule has 3 atom stereocenters. The normalized spacial score (nSPS) is 17.8. The highest BCUT2D eigenvalue weighted by Crippen LogP contribution is 1.96. The minimum Gasteiger partial charge on any atom is -0.394 e. The summed E-state index contributed by atoms with van der Waals surface area (Å²) in [6.45, 7) is -0.688. The van der Waals surface area contributed by atoms with Crippen LogP contribution in [0.3, 0.4) is 0 Å². The molecule has 0 amide bonds. The maximum absolute atomic E-state index is 9.76. The zero-order valence-corrected chi connectivity index (χ0v) is 5.62. The summed E-state index contributed by atoms with van der Waals surface area (Å²) in [6.07, 6.45) is -4.63. The molecule has 0 heterocycles. The van der Waals surface area contributed by atoms with Crippen molar-refractivity contribution in [3.8, 4) is 0 Å². The Morgan fingerprint density at radius 1 is 1.27 bits per heavy atom. The van der Waals surface area contributed by atoms with Crippen molar-refractivity contribution in [1.82, 2.24) is 0 Å². The Labute approximate surface area is 63.0 Å². The standard InChI is InChI=1S/C5H10O5.O/c6-1-3(8)5(10)4(9)2-7;/h1,3-5,7-10H,2H2;/t3-,4+,5-;/m0./s1. The zero-order valence-electron chi connectivity index (χ0n) is 5.62. The van der Waals surface area contributed by atoms with Crippen LogP contribution in [0.25, 0.3) is 0 Å². The fourth-order valence-electron chi connectivity index (χ4n) is 0.416. The Morgan fingerprint density at radius 3 is 2.00 bits per heavy atom. The number of aldehydes is 1. The molecule has 0 aromatic rings. The third-order valence-electron chi connectivity index (χ3n) is 1.07. The summed E-state index contributed by atoms with van der Waals surface area (Å²) in [5, 5.41) is 34.1. The van der Waals surface area contributed by atoms with E-state index >= 15 is 0 Å². The molecule has 0 fully saturated rings. The van der Waals surface area contributed by atoms with Gasteiger partial charge in [0, 0.05) is 5.48 Å². The van der Waals surface area contributed by atoms with Crippen LogP contribution >= 0.6 is 0 Å². The monoisotopic (exact) mass is 166 g/mol. The van der Waals surface area contributed by atoms with E-state index in [0.29, 0.717) is 0 Å². The minimum absolute atomic E-state index is 0. The van der Waals surface area contributed by atoms with Crippen molar-refractivity contribution in [2.24, 2.45) is 0 Å². The van der Waals surface area contributed by atoms with Gasteiger partial charge in [0.05, 0.1) is 6.61 Å². The average molecular weight is 166 g/mol. The molecule has 0 saturated heterocycles. The number of hydrogen-bond acceptors (Lipinski definition) is 5. The lowest BCUT2D eigenvalue weighted by Gasteiger charge is -2.16.